The fraction of sp³-hybridized carbons (Fsp3) is 0.600. The second-order valence-corrected chi connectivity index (χ2v) is 9.04. The molecule has 1 fully saturated rings. The van der Waals surface area contributed by atoms with Crippen LogP contribution in [0, 0.1) is 5.92 Å². The lowest BCUT2D eigenvalue weighted by molar-refractivity contribution is -0.137. The summed E-state index contributed by atoms with van der Waals surface area (Å²) >= 11 is 0. The van der Waals surface area contributed by atoms with Gasteiger partial charge in [0.15, 0.2) is 0 Å². The Morgan fingerprint density at radius 2 is 1.61 bits per heavy atom. The predicted octanol–water partition coefficient (Wildman–Crippen LogP) is 4.10. The van der Waals surface area contributed by atoms with Crippen molar-refractivity contribution in [2.45, 2.75) is 59.5 Å². The summed E-state index contributed by atoms with van der Waals surface area (Å²) in [6, 6.07) is 7.56. The third-order valence-corrected chi connectivity index (χ3v) is 5.52. The van der Waals surface area contributed by atoms with Crippen LogP contribution in [-0.4, -0.2) is 60.6 Å². The molecule has 2 aliphatic rings. The molecule has 0 N–H and O–H groups in total. The van der Waals surface area contributed by atoms with E-state index in [-0.39, 0.29) is 17.9 Å². The number of piperidine rings is 1. The van der Waals surface area contributed by atoms with Gasteiger partial charge in [0.05, 0.1) is 18.3 Å². The Morgan fingerprint density at radius 3 is 2.23 bits per heavy atom. The third-order valence-electron chi connectivity index (χ3n) is 5.52. The van der Waals surface area contributed by atoms with Crippen molar-refractivity contribution < 1.29 is 19.1 Å². The topological polar surface area (TPSA) is 59.1 Å². The maximum absolute atomic E-state index is 13.3. The molecule has 0 spiro atoms. The van der Waals surface area contributed by atoms with E-state index in [4.69, 9.17) is 9.47 Å². The fourth-order valence-corrected chi connectivity index (χ4v) is 3.96. The lowest BCUT2D eigenvalue weighted by Gasteiger charge is -2.29. The van der Waals surface area contributed by atoms with Crippen LogP contribution in [0.15, 0.2) is 30.0 Å². The van der Waals surface area contributed by atoms with E-state index in [1.165, 1.54) is 11.3 Å². The largest absolute Gasteiger partial charge is 0.493 e. The number of carbonyl (C=O) groups is 2. The van der Waals surface area contributed by atoms with Crippen LogP contribution < -0.4 is 4.74 Å². The molecule has 1 aromatic rings. The molecule has 0 radical (unpaired) electrons. The molecule has 170 valence electrons. The van der Waals surface area contributed by atoms with Gasteiger partial charge in [-0.2, -0.15) is 0 Å². The first-order chi connectivity index (χ1) is 14.9. The Labute approximate surface area is 186 Å². The molecule has 0 atom stereocenters. The van der Waals surface area contributed by atoms with E-state index in [1.54, 1.807) is 0 Å². The van der Waals surface area contributed by atoms with E-state index in [9.17, 15) is 9.59 Å². The van der Waals surface area contributed by atoms with Crippen molar-refractivity contribution in [3.63, 3.8) is 0 Å². The summed E-state index contributed by atoms with van der Waals surface area (Å²) in [5.41, 5.74) is 1.86. The van der Waals surface area contributed by atoms with E-state index in [1.807, 2.05) is 38.1 Å². The SMILES string of the molecule is CC(C)COc1ccc(C2=C(N3CCCCC3)C(=O)N(CCCOC(C)C)C2=O)cc1. The van der Waals surface area contributed by atoms with Crippen LogP contribution in [0.3, 0.4) is 0 Å². The van der Waals surface area contributed by atoms with E-state index < -0.39 is 0 Å². The van der Waals surface area contributed by atoms with Gasteiger partial charge in [-0.1, -0.05) is 26.0 Å². The van der Waals surface area contributed by atoms with Gasteiger partial charge in [0.2, 0.25) is 0 Å². The Kier molecular flexibility index (Phi) is 8.13. The van der Waals surface area contributed by atoms with Gasteiger partial charge in [0.1, 0.15) is 11.4 Å². The van der Waals surface area contributed by atoms with E-state index in [0.29, 0.717) is 43.4 Å². The van der Waals surface area contributed by atoms with Gasteiger partial charge < -0.3 is 14.4 Å². The first-order valence-electron chi connectivity index (χ1n) is 11.6. The lowest BCUT2D eigenvalue weighted by Crippen LogP contribution is -2.38. The minimum Gasteiger partial charge on any atom is -0.493 e. The third kappa shape index (κ3) is 5.88. The van der Waals surface area contributed by atoms with Gasteiger partial charge in [-0.25, -0.2) is 0 Å². The molecule has 2 aliphatic heterocycles. The summed E-state index contributed by atoms with van der Waals surface area (Å²) in [7, 11) is 0. The number of hydrogen-bond acceptors (Lipinski definition) is 5. The molecule has 1 saturated heterocycles. The summed E-state index contributed by atoms with van der Waals surface area (Å²) in [6.45, 7) is 11.4. The lowest BCUT2D eigenvalue weighted by atomic mass is 10.0. The number of ether oxygens (including phenoxy) is 2. The average molecular weight is 429 g/mol. The van der Waals surface area contributed by atoms with Crippen LogP contribution >= 0.6 is 0 Å². The van der Waals surface area contributed by atoms with E-state index >= 15 is 0 Å². The zero-order chi connectivity index (χ0) is 22.4. The zero-order valence-electron chi connectivity index (χ0n) is 19.4. The van der Waals surface area contributed by atoms with Crippen LogP contribution in [0.25, 0.3) is 5.57 Å². The summed E-state index contributed by atoms with van der Waals surface area (Å²) in [5.74, 6) is 0.838. The summed E-state index contributed by atoms with van der Waals surface area (Å²) in [5, 5.41) is 0. The van der Waals surface area contributed by atoms with E-state index in [0.717, 1.165) is 37.2 Å². The number of likely N-dealkylation sites (tertiary alicyclic amines) is 1. The molecule has 0 unspecified atom stereocenters. The first-order valence-corrected chi connectivity index (χ1v) is 11.6. The zero-order valence-corrected chi connectivity index (χ0v) is 19.4. The van der Waals surface area contributed by atoms with Crippen LogP contribution in [0.5, 0.6) is 5.75 Å². The van der Waals surface area contributed by atoms with Gasteiger partial charge in [-0.05, 0) is 63.1 Å². The van der Waals surface area contributed by atoms with Crippen LogP contribution in [0.1, 0.15) is 58.9 Å². The molecule has 6 nitrogen and oxygen atoms in total. The number of hydrogen-bond donors (Lipinski definition) is 0. The van der Waals surface area contributed by atoms with Crippen molar-refractivity contribution in [1.82, 2.24) is 9.80 Å². The second kappa shape index (κ2) is 10.8. The molecule has 6 heteroatoms. The Balaban J connectivity index is 1.82. The van der Waals surface area contributed by atoms with Gasteiger partial charge in [-0.15, -0.1) is 0 Å². The number of imide groups is 1. The van der Waals surface area contributed by atoms with Crippen LogP contribution in [0.4, 0.5) is 0 Å². The minimum absolute atomic E-state index is 0.138. The molecule has 2 amide bonds. The number of rotatable bonds is 10. The minimum atomic E-state index is -0.203. The van der Waals surface area contributed by atoms with Crippen molar-refractivity contribution >= 4 is 17.4 Å². The summed E-state index contributed by atoms with van der Waals surface area (Å²) in [6.07, 6.45) is 4.03. The highest BCUT2D eigenvalue weighted by Gasteiger charge is 2.41. The second-order valence-electron chi connectivity index (χ2n) is 9.04. The number of nitrogens with zero attached hydrogens (tertiary/aromatic N) is 2. The Morgan fingerprint density at radius 1 is 0.935 bits per heavy atom. The highest BCUT2D eigenvalue weighted by molar-refractivity contribution is 6.35. The molecule has 1 aromatic carbocycles. The highest BCUT2D eigenvalue weighted by atomic mass is 16.5. The van der Waals surface area contributed by atoms with Crippen molar-refractivity contribution in [2.75, 3.05) is 32.8 Å². The number of benzene rings is 1. The monoisotopic (exact) mass is 428 g/mol. The average Bonchev–Trinajstić information content (AvgIpc) is 3.00. The number of amides is 2. The van der Waals surface area contributed by atoms with Gasteiger partial charge in [0.25, 0.3) is 11.8 Å². The molecular formula is C25H36N2O4. The maximum Gasteiger partial charge on any atom is 0.277 e. The van der Waals surface area contributed by atoms with Gasteiger partial charge in [-0.3, -0.25) is 14.5 Å². The molecule has 0 aliphatic carbocycles. The number of carbonyl (C=O) groups excluding carboxylic acids is 2. The molecule has 0 saturated carbocycles. The fourth-order valence-electron chi connectivity index (χ4n) is 3.96. The molecule has 3 rings (SSSR count). The molecule has 0 aromatic heterocycles. The van der Waals surface area contributed by atoms with E-state index in [2.05, 4.69) is 18.7 Å². The normalized spacial score (nSPS) is 17.5. The molecular weight excluding hydrogens is 392 g/mol. The van der Waals surface area contributed by atoms with Gasteiger partial charge >= 0.3 is 0 Å². The standard InChI is InChI=1S/C25H36N2O4/c1-18(2)17-31-21-11-9-20(10-12-21)22-23(26-13-6-5-7-14-26)25(29)27(24(22)28)15-8-16-30-19(3)4/h9-12,18-19H,5-8,13-17H2,1-4H3. The van der Waals surface area contributed by atoms with Crippen molar-refractivity contribution in [1.29, 1.82) is 0 Å². The highest BCUT2D eigenvalue weighted by Crippen LogP contribution is 2.34. The van der Waals surface area contributed by atoms with Crippen molar-refractivity contribution in [2.24, 2.45) is 5.92 Å². The van der Waals surface area contributed by atoms with Crippen LogP contribution in [-0.2, 0) is 14.3 Å². The van der Waals surface area contributed by atoms with Crippen molar-refractivity contribution in [3.8, 4) is 5.75 Å². The molecule has 31 heavy (non-hydrogen) atoms. The summed E-state index contributed by atoms with van der Waals surface area (Å²) < 4.78 is 11.4. The van der Waals surface area contributed by atoms with Gasteiger partial charge in [0, 0.05) is 26.2 Å². The maximum atomic E-state index is 13.3. The summed E-state index contributed by atoms with van der Waals surface area (Å²) in [4.78, 5) is 30.2. The Hall–Kier alpha value is -2.34. The Bertz CT molecular complexity index is 792. The quantitative estimate of drug-likeness (QED) is 0.415. The first kappa shape index (κ1) is 23.3. The smallest absolute Gasteiger partial charge is 0.277 e. The predicted molar refractivity (Wildman–Crippen MR) is 122 cm³/mol. The van der Waals surface area contributed by atoms with Crippen molar-refractivity contribution in [3.05, 3.63) is 35.5 Å². The molecule has 0 bridgehead atoms. The van der Waals surface area contributed by atoms with Crippen LogP contribution in [0.2, 0.25) is 0 Å². The molecule has 2 heterocycles.